The van der Waals surface area contributed by atoms with Crippen LogP contribution in [0.3, 0.4) is 0 Å². The number of hydrogen-bond donors (Lipinski definition) is 0. The molecule has 4 rings (SSSR count). The van der Waals surface area contributed by atoms with Crippen molar-refractivity contribution in [2.45, 2.75) is 60.8 Å². The van der Waals surface area contributed by atoms with Crippen LogP contribution in [-0.4, -0.2) is 51.2 Å². The molecule has 0 saturated carbocycles. The molecule has 0 aliphatic rings. The van der Waals surface area contributed by atoms with Crippen LogP contribution in [-0.2, 0) is 23.4 Å². The molecule has 4 aromatic rings. The minimum absolute atomic E-state index is 0. The molecule has 0 saturated heterocycles. The van der Waals surface area contributed by atoms with Crippen LogP contribution in [0.4, 0.5) is 22.7 Å². The van der Waals surface area contributed by atoms with Gasteiger partial charge in [0.15, 0.2) is 23.1 Å². The zero-order valence-electron chi connectivity index (χ0n) is 33.4. The molecule has 0 bridgehead atoms. The van der Waals surface area contributed by atoms with E-state index in [1.54, 1.807) is 20.8 Å². The Hall–Kier alpha value is -1.05. The molecule has 0 aliphatic heterocycles. The Morgan fingerprint density at radius 3 is 0.875 bits per heavy atom. The fourth-order valence-electron chi connectivity index (χ4n) is 4.59. The first-order valence-electron chi connectivity index (χ1n) is 16.2. The molecular weight excluding hydrogens is 1640 g/mol. The maximum atomic E-state index is 11.1. The average Bonchev–Trinajstić information content (AvgIpc) is 3.14. The summed E-state index contributed by atoms with van der Waals surface area (Å²) in [5.41, 5.74) is 2.96. The number of carbonyl (C=O) groups excluding carboxylic acids is 4. The number of nitro groups is 4. The topological polar surface area (TPSA) is 275 Å². The van der Waals surface area contributed by atoms with Gasteiger partial charge in [-0.3, -0.25) is 59.6 Å². The summed E-state index contributed by atoms with van der Waals surface area (Å²) in [7, 11) is 1.52. The zero-order chi connectivity index (χ0) is 48.8. The van der Waals surface area contributed by atoms with E-state index in [1.165, 1.54) is 75.4 Å². The molecule has 0 aliphatic carbocycles. The molecule has 0 fully saturated rings. The second-order valence-corrected chi connectivity index (χ2v) is 61.3. The molecule has 4 aromatic carbocycles. The fourth-order valence-corrected chi connectivity index (χ4v) is 5.71. The van der Waals surface area contributed by atoms with Crippen molar-refractivity contribution in [3.05, 3.63) is 152 Å². The van der Waals surface area contributed by atoms with Crippen molar-refractivity contribution >= 4 is 189 Å². The predicted octanol–water partition coefficient (Wildman–Crippen LogP) is 13.7. The summed E-state index contributed by atoms with van der Waals surface area (Å²) in [6.07, 6.45) is 0. The summed E-state index contributed by atoms with van der Waals surface area (Å²) < 4.78 is 22.2. The summed E-state index contributed by atoms with van der Waals surface area (Å²) in [6.45, 7) is 10.5. The van der Waals surface area contributed by atoms with E-state index in [0.29, 0.717) is 42.8 Å². The van der Waals surface area contributed by atoms with Crippen molar-refractivity contribution in [1.82, 2.24) is 0 Å². The van der Waals surface area contributed by atoms with E-state index in [1.807, 2.05) is 0 Å². The number of Topliss-reactive ketones (excluding diaryl/α,β-unsaturated/α-hetero) is 4. The number of nitro benzene ring substituents is 4. The van der Waals surface area contributed by atoms with Gasteiger partial charge in [0.05, 0.1) is 24.6 Å². The Labute approximate surface area is 457 Å². The number of ketones is 4. The molecule has 18 nitrogen and oxygen atoms in total. The summed E-state index contributed by atoms with van der Waals surface area (Å²) in [5, 5.41) is 41.5. The third-order valence-electron chi connectivity index (χ3n) is 7.22. The van der Waals surface area contributed by atoms with Crippen LogP contribution in [0.2, 0.25) is 0 Å². The quantitative estimate of drug-likeness (QED) is 0.0495. The number of aryl methyl sites for hydroxylation is 3. The molecular formula is C36H38ClI6N4O14SV2. The van der Waals surface area contributed by atoms with Crippen LogP contribution in [0.5, 0.6) is 0 Å². The fraction of sp³-hybridized carbons (Fsp3) is 0.222. The molecule has 351 valence electrons. The van der Waals surface area contributed by atoms with Crippen LogP contribution < -0.4 is 0 Å². The predicted molar refractivity (Wildman–Crippen MR) is 292 cm³/mol. The van der Waals surface area contributed by atoms with Crippen LogP contribution >= 0.6 is 135 Å². The van der Waals surface area contributed by atoms with Crippen molar-refractivity contribution in [2.75, 3.05) is 0 Å². The Bertz CT molecular complexity index is 2260. The van der Waals surface area contributed by atoms with Gasteiger partial charge in [0.25, 0.3) is 31.8 Å². The van der Waals surface area contributed by atoms with Crippen LogP contribution in [0, 0.1) is 61.2 Å². The van der Waals surface area contributed by atoms with Crippen molar-refractivity contribution in [3.8, 4) is 0 Å². The van der Waals surface area contributed by atoms with E-state index in [9.17, 15) is 68.1 Å². The number of hydrogen-bond acceptors (Lipinski definition) is 14. The standard InChI is InChI=1S/3C9H9NO3.C8H6ClNO5S.CH4.6HI.2V/c3*1-6-5-8(10(12)13)3-4-9(6)7(2)11;1-5(11)7-3-2-6(10(12)13)4-8(7)16(9,14)15;;;;;;;;;/h3*3-5H,1-2H3;2-4H,1H3;1H4;6*1H;;/q;;;;;;;;;;;+2;+3/p-5. The van der Waals surface area contributed by atoms with E-state index in [2.05, 4.69) is 99.9 Å². The third kappa shape index (κ3) is 27.7. The molecule has 0 aromatic heterocycles. The van der Waals surface area contributed by atoms with Crippen molar-refractivity contribution < 1.29 is 61.7 Å². The Balaban J connectivity index is -0.000000354. The first-order chi connectivity index (χ1) is 28.4. The van der Waals surface area contributed by atoms with Gasteiger partial charge in [-0.15, -0.1) is 24.0 Å². The van der Waals surface area contributed by atoms with E-state index >= 15 is 0 Å². The van der Waals surface area contributed by atoms with Gasteiger partial charge in [0.1, 0.15) is 0 Å². The summed E-state index contributed by atoms with van der Waals surface area (Å²) in [5.74, 6) is -0.763. The van der Waals surface area contributed by atoms with Gasteiger partial charge in [-0.25, -0.2) is 8.42 Å². The molecule has 28 heteroatoms. The first kappa shape index (κ1) is 69.5. The van der Waals surface area contributed by atoms with E-state index in [4.69, 9.17) is 10.7 Å². The molecule has 0 radical (unpaired) electrons. The van der Waals surface area contributed by atoms with Gasteiger partial charge in [0, 0.05) is 81.5 Å². The number of benzene rings is 4. The maximum absolute atomic E-state index is 11.1. The van der Waals surface area contributed by atoms with Crippen LogP contribution in [0.15, 0.2) is 77.7 Å². The van der Waals surface area contributed by atoms with Gasteiger partial charge in [-0.2, -0.15) is 0 Å². The van der Waals surface area contributed by atoms with Crippen LogP contribution in [0.25, 0.3) is 0 Å². The summed E-state index contributed by atoms with van der Waals surface area (Å²) >= 11 is 12.1. The number of non-ortho nitro benzene ring substituents is 4. The molecule has 0 N–H and O–H groups in total. The molecule has 0 spiro atoms. The normalized spacial score (nSPS) is 9.47. The molecule has 0 heterocycles. The Morgan fingerprint density at radius 1 is 0.531 bits per heavy atom. The second-order valence-electron chi connectivity index (χ2n) is 11.6. The molecule has 0 amide bonds. The van der Waals surface area contributed by atoms with Crippen molar-refractivity contribution in [2.24, 2.45) is 0 Å². The average molecular weight is 1680 g/mol. The summed E-state index contributed by atoms with van der Waals surface area (Å²) in [6, 6.07) is 15.5. The van der Waals surface area contributed by atoms with E-state index in [0.717, 1.165) is 25.1 Å². The molecule has 64 heavy (non-hydrogen) atoms. The Morgan fingerprint density at radius 2 is 0.719 bits per heavy atom. The van der Waals surface area contributed by atoms with Gasteiger partial charge >= 0.3 is 114 Å². The second kappa shape index (κ2) is 35.1. The number of rotatable bonds is 9. The van der Waals surface area contributed by atoms with Crippen molar-refractivity contribution in [3.63, 3.8) is 0 Å². The first-order valence-corrected chi connectivity index (χ1v) is 41.0. The van der Waals surface area contributed by atoms with E-state index in [-0.39, 0.29) is 76.3 Å². The molecule has 0 unspecified atom stereocenters. The summed E-state index contributed by atoms with van der Waals surface area (Å²) in [4.78, 5) is 82.5. The minimum atomic E-state index is -4.19. The SMILES string of the molecule is C.CC(=O)c1ccc([N+](=O)[O-])cc1C.CC(=O)c1ccc([N+](=O)[O-])cc1C.CC(=O)c1ccc([N+](=O)[O-])cc1C.CC(=O)c1ccc([N+](=O)[O-])cc1S(=O)(=O)Cl.I.[I][V]([I])[I].[I][V][I]. The number of halogens is 7. The Kier molecular flexibility index (Phi) is 38.1. The monoisotopic (exact) mass is 1680 g/mol. The van der Waals surface area contributed by atoms with Gasteiger partial charge in [-0.05, 0) is 89.4 Å². The van der Waals surface area contributed by atoms with E-state index < -0.39 is 45.1 Å². The number of nitrogens with zero attached hydrogens (tertiary/aromatic N) is 4. The van der Waals surface area contributed by atoms with Crippen molar-refractivity contribution in [1.29, 1.82) is 0 Å². The zero-order valence-corrected chi connectivity index (χ0v) is 50.9. The van der Waals surface area contributed by atoms with Gasteiger partial charge in [-0.1, -0.05) is 7.43 Å². The van der Waals surface area contributed by atoms with Crippen LogP contribution in [0.1, 0.15) is 93.2 Å². The third-order valence-corrected chi connectivity index (χ3v) is 8.58. The van der Waals surface area contributed by atoms with Gasteiger partial charge in [0.2, 0.25) is 0 Å². The molecule has 0 atom stereocenters. The number of carbonyl (C=O) groups is 4. The van der Waals surface area contributed by atoms with Gasteiger partial charge < -0.3 is 0 Å².